The third kappa shape index (κ3) is 4.58. The summed E-state index contributed by atoms with van der Waals surface area (Å²) in [5, 5.41) is 12.1. The van der Waals surface area contributed by atoms with Crippen LogP contribution in [0.3, 0.4) is 0 Å². The molecule has 1 saturated heterocycles. The summed E-state index contributed by atoms with van der Waals surface area (Å²) in [5.41, 5.74) is 0. The topological polar surface area (TPSA) is 52.6 Å². The lowest BCUT2D eigenvalue weighted by molar-refractivity contribution is -0.127. The van der Waals surface area contributed by atoms with Crippen molar-refractivity contribution in [2.24, 2.45) is 5.92 Å². The van der Waals surface area contributed by atoms with E-state index in [4.69, 9.17) is 5.11 Å². The van der Waals surface area contributed by atoms with Crippen molar-refractivity contribution in [1.82, 2.24) is 10.2 Å². The van der Waals surface area contributed by atoms with Gasteiger partial charge in [-0.25, -0.2) is 0 Å². The minimum atomic E-state index is -0.0828. The van der Waals surface area contributed by atoms with Gasteiger partial charge in [-0.2, -0.15) is 0 Å². The SMILES string of the molecule is CC(C)CNC(=O)C(C)N1CCCCC1CCO. The van der Waals surface area contributed by atoms with Gasteiger partial charge in [0.15, 0.2) is 0 Å². The quantitative estimate of drug-likeness (QED) is 0.755. The molecule has 2 unspecified atom stereocenters. The van der Waals surface area contributed by atoms with Crippen LogP contribution in [0.1, 0.15) is 46.5 Å². The van der Waals surface area contributed by atoms with Crippen molar-refractivity contribution in [3.8, 4) is 0 Å². The highest BCUT2D eigenvalue weighted by molar-refractivity contribution is 5.81. The van der Waals surface area contributed by atoms with E-state index in [1.807, 2.05) is 6.92 Å². The highest BCUT2D eigenvalue weighted by atomic mass is 16.3. The van der Waals surface area contributed by atoms with Crippen LogP contribution in [-0.4, -0.2) is 47.7 Å². The standard InChI is InChI=1S/C14H28N2O2/c1-11(2)10-15-14(18)12(3)16-8-5-4-6-13(16)7-9-17/h11-13,17H,4-10H2,1-3H3,(H,15,18). The number of aliphatic hydroxyl groups excluding tert-OH is 1. The zero-order chi connectivity index (χ0) is 13.5. The molecule has 0 aromatic carbocycles. The fourth-order valence-electron chi connectivity index (χ4n) is 2.59. The molecule has 4 nitrogen and oxygen atoms in total. The Balaban J connectivity index is 2.50. The van der Waals surface area contributed by atoms with E-state index in [1.54, 1.807) is 0 Å². The molecule has 1 fully saturated rings. The molecule has 1 amide bonds. The largest absolute Gasteiger partial charge is 0.396 e. The number of carbonyl (C=O) groups excluding carboxylic acids is 1. The zero-order valence-corrected chi connectivity index (χ0v) is 12.0. The fraction of sp³-hybridized carbons (Fsp3) is 0.929. The van der Waals surface area contributed by atoms with E-state index in [2.05, 4.69) is 24.1 Å². The Morgan fingerprint density at radius 2 is 2.11 bits per heavy atom. The number of amides is 1. The number of aliphatic hydroxyl groups is 1. The molecule has 4 heteroatoms. The summed E-state index contributed by atoms with van der Waals surface area (Å²) < 4.78 is 0. The molecule has 0 aromatic rings. The molecular weight excluding hydrogens is 228 g/mol. The Kier molecular flexibility index (Phi) is 6.65. The van der Waals surface area contributed by atoms with Crippen LogP contribution < -0.4 is 5.32 Å². The van der Waals surface area contributed by atoms with Gasteiger partial charge in [-0.15, -0.1) is 0 Å². The summed E-state index contributed by atoms with van der Waals surface area (Å²) in [5.74, 6) is 0.601. The van der Waals surface area contributed by atoms with Crippen molar-refractivity contribution < 1.29 is 9.90 Å². The van der Waals surface area contributed by atoms with Gasteiger partial charge >= 0.3 is 0 Å². The lowest BCUT2D eigenvalue weighted by Gasteiger charge is -2.39. The smallest absolute Gasteiger partial charge is 0.237 e. The summed E-state index contributed by atoms with van der Waals surface area (Å²) in [6.07, 6.45) is 4.25. The molecule has 0 bridgehead atoms. The van der Waals surface area contributed by atoms with Crippen LogP contribution >= 0.6 is 0 Å². The van der Waals surface area contributed by atoms with Gasteiger partial charge in [-0.3, -0.25) is 9.69 Å². The highest BCUT2D eigenvalue weighted by Crippen LogP contribution is 2.21. The van der Waals surface area contributed by atoms with Gasteiger partial charge in [0.1, 0.15) is 0 Å². The average Bonchev–Trinajstić information content (AvgIpc) is 2.36. The first-order chi connectivity index (χ1) is 8.56. The third-order valence-corrected chi connectivity index (χ3v) is 3.70. The minimum Gasteiger partial charge on any atom is -0.396 e. The van der Waals surface area contributed by atoms with Gasteiger partial charge in [0, 0.05) is 19.2 Å². The second-order valence-electron chi connectivity index (χ2n) is 5.71. The number of piperidine rings is 1. The summed E-state index contributed by atoms with van der Waals surface area (Å²) in [6.45, 7) is 8.09. The van der Waals surface area contributed by atoms with Crippen molar-refractivity contribution in [1.29, 1.82) is 0 Å². The lowest BCUT2D eigenvalue weighted by Crippen LogP contribution is -2.52. The number of hydrogen-bond donors (Lipinski definition) is 2. The second-order valence-corrected chi connectivity index (χ2v) is 5.71. The molecule has 0 spiro atoms. The van der Waals surface area contributed by atoms with Crippen LogP contribution in [0, 0.1) is 5.92 Å². The van der Waals surface area contributed by atoms with Gasteiger partial charge in [-0.1, -0.05) is 20.3 Å². The van der Waals surface area contributed by atoms with Crippen molar-refractivity contribution in [2.75, 3.05) is 19.7 Å². The van der Waals surface area contributed by atoms with Crippen LogP contribution in [0.4, 0.5) is 0 Å². The molecule has 0 aromatic heterocycles. The molecule has 1 rings (SSSR count). The van der Waals surface area contributed by atoms with E-state index in [-0.39, 0.29) is 18.6 Å². The van der Waals surface area contributed by atoms with E-state index in [9.17, 15) is 4.79 Å². The molecule has 1 aliphatic heterocycles. The molecule has 0 radical (unpaired) electrons. The van der Waals surface area contributed by atoms with Crippen LogP contribution in [0.2, 0.25) is 0 Å². The van der Waals surface area contributed by atoms with Gasteiger partial charge in [0.2, 0.25) is 5.91 Å². The minimum absolute atomic E-state index is 0.0828. The normalized spacial score (nSPS) is 23.1. The van der Waals surface area contributed by atoms with Crippen LogP contribution in [0.15, 0.2) is 0 Å². The van der Waals surface area contributed by atoms with E-state index in [0.29, 0.717) is 12.0 Å². The second kappa shape index (κ2) is 7.74. The van der Waals surface area contributed by atoms with Crippen LogP contribution in [0.25, 0.3) is 0 Å². The van der Waals surface area contributed by atoms with Crippen molar-refractivity contribution in [3.63, 3.8) is 0 Å². The molecule has 106 valence electrons. The predicted octanol–water partition coefficient (Wildman–Crippen LogP) is 1.38. The molecular formula is C14H28N2O2. The lowest BCUT2D eigenvalue weighted by atomic mass is 9.97. The molecule has 2 N–H and O–H groups in total. The molecule has 1 heterocycles. The van der Waals surface area contributed by atoms with Gasteiger partial charge in [0.05, 0.1) is 6.04 Å². The number of rotatable bonds is 6. The number of hydrogen-bond acceptors (Lipinski definition) is 3. The Bertz CT molecular complexity index is 254. The molecule has 2 atom stereocenters. The van der Waals surface area contributed by atoms with Gasteiger partial charge in [-0.05, 0) is 38.6 Å². The summed E-state index contributed by atoms with van der Waals surface area (Å²) >= 11 is 0. The fourth-order valence-corrected chi connectivity index (χ4v) is 2.59. The average molecular weight is 256 g/mol. The van der Waals surface area contributed by atoms with Crippen molar-refractivity contribution >= 4 is 5.91 Å². The van der Waals surface area contributed by atoms with Crippen molar-refractivity contribution in [2.45, 2.75) is 58.5 Å². The van der Waals surface area contributed by atoms with Crippen LogP contribution in [0.5, 0.6) is 0 Å². The first-order valence-electron chi connectivity index (χ1n) is 7.20. The number of nitrogens with zero attached hydrogens (tertiary/aromatic N) is 1. The first kappa shape index (κ1) is 15.4. The van der Waals surface area contributed by atoms with E-state index in [1.165, 1.54) is 6.42 Å². The van der Waals surface area contributed by atoms with Crippen LogP contribution in [-0.2, 0) is 4.79 Å². The predicted molar refractivity (Wildman–Crippen MR) is 73.4 cm³/mol. The maximum atomic E-state index is 12.1. The van der Waals surface area contributed by atoms with E-state index >= 15 is 0 Å². The Morgan fingerprint density at radius 1 is 1.39 bits per heavy atom. The molecule has 1 aliphatic rings. The Labute approximate surface area is 111 Å². The summed E-state index contributed by atoms with van der Waals surface area (Å²) in [4.78, 5) is 14.3. The summed E-state index contributed by atoms with van der Waals surface area (Å²) in [6, 6.07) is 0.282. The van der Waals surface area contributed by atoms with E-state index < -0.39 is 0 Å². The summed E-state index contributed by atoms with van der Waals surface area (Å²) in [7, 11) is 0. The van der Waals surface area contributed by atoms with Gasteiger partial charge in [0.25, 0.3) is 0 Å². The Morgan fingerprint density at radius 3 is 2.72 bits per heavy atom. The highest BCUT2D eigenvalue weighted by Gasteiger charge is 2.29. The maximum Gasteiger partial charge on any atom is 0.237 e. The number of likely N-dealkylation sites (tertiary alicyclic amines) is 1. The molecule has 18 heavy (non-hydrogen) atoms. The number of carbonyl (C=O) groups is 1. The van der Waals surface area contributed by atoms with Crippen molar-refractivity contribution in [3.05, 3.63) is 0 Å². The monoisotopic (exact) mass is 256 g/mol. The van der Waals surface area contributed by atoms with Gasteiger partial charge < -0.3 is 10.4 Å². The third-order valence-electron chi connectivity index (χ3n) is 3.70. The van der Waals surface area contributed by atoms with E-state index in [0.717, 1.165) is 32.4 Å². The molecule has 0 saturated carbocycles. The Hall–Kier alpha value is -0.610. The zero-order valence-electron chi connectivity index (χ0n) is 12.0. The maximum absolute atomic E-state index is 12.1. The first-order valence-corrected chi connectivity index (χ1v) is 7.20. The number of nitrogens with one attached hydrogen (secondary N) is 1. The molecule has 0 aliphatic carbocycles.